The van der Waals surface area contributed by atoms with Gasteiger partial charge in [0.2, 0.25) is 0 Å². The molecule has 0 saturated carbocycles. The van der Waals surface area contributed by atoms with E-state index in [2.05, 4.69) is 15.3 Å². The highest BCUT2D eigenvalue weighted by molar-refractivity contribution is 6.29. The van der Waals surface area contributed by atoms with Gasteiger partial charge in [0.05, 0.1) is 18.1 Å². The molecule has 4 nitrogen and oxygen atoms in total. The van der Waals surface area contributed by atoms with E-state index in [-0.39, 0.29) is 0 Å². The van der Waals surface area contributed by atoms with Crippen molar-refractivity contribution >= 4 is 11.6 Å². The van der Waals surface area contributed by atoms with Crippen molar-refractivity contribution in [3.8, 4) is 0 Å². The monoisotopic (exact) mass is 187 g/mol. The van der Waals surface area contributed by atoms with Crippen LogP contribution in [0.4, 0.5) is 0 Å². The molecule has 0 fully saturated rings. The number of hydrogen-bond acceptors (Lipinski definition) is 4. The maximum absolute atomic E-state index is 9.40. The number of nitrogens with one attached hydrogen (secondary N) is 1. The maximum Gasteiger partial charge on any atom is 0.147 e. The van der Waals surface area contributed by atoms with Gasteiger partial charge in [-0.3, -0.25) is 4.98 Å². The molecular weight excluding hydrogens is 178 g/mol. The lowest BCUT2D eigenvalue weighted by atomic mass is 10.2. The van der Waals surface area contributed by atoms with Crippen molar-refractivity contribution in [3.63, 3.8) is 0 Å². The molecule has 1 heterocycles. The third-order valence-electron chi connectivity index (χ3n) is 1.38. The van der Waals surface area contributed by atoms with Crippen molar-refractivity contribution in [2.45, 2.75) is 6.10 Å². The Morgan fingerprint density at radius 2 is 2.33 bits per heavy atom. The number of rotatable bonds is 3. The average molecular weight is 188 g/mol. The van der Waals surface area contributed by atoms with Gasteiger partial charge in [-0.2, -0.15) is 0 Å². The van der Waals surface area contributed by atoms with Crippen LogP contribution >= 0.6 is 11.6 Å². The smallest absolute Gasteiger partial charge is 0.147 e. The molecule has 0 aromatic carbocycles. The molecule has 1 aromatic rings. The van der Waals surface area contributed by atoms with Gasteiger partial charge in [-0.25, -0.2) is 4.98 Å². The number of hydrogen-bond donors (Lipinski definition) is 2. The third kappa shape index (κ3) is 2.41. The number of nitrogens with zero attached hydrogens (tertiary/aromatic N) is 2. The summed E-state index contributed by atoms with van der Waals surface area (Å²) in [6.07, 6.45) is 2.25. The van der Waals surface area contributed by atoms with Crippen LogP contribution in [-0.4, -0.2) is 28.7 Å². The Morgan fingerprint density at radius 3 is 2.83 bits per heavy atom. The van der Waals surface area contributed by atoms with Crippen molar-refractivity contribution < 1.29 is 5.11 Å². The Hall–Kier alpha value is -0.710. The Labute approximate surface area is 75.6 Å². The first-order valence-electron chi connectivity index (χ1n) is 3.54. The highest BCUT2D eigenvalue weighted by Gasteiger charge is 2.07. The van der Waals surface area contributed by atoms with E-state index in [1.165, 1.54) is 12.4 Å². The van der Waals surface area contributed by atoms with Crippen LogP contribution < -0.4 is 5.32 Å². The molecule has 1 aromatic heterocycles. The predicted octanol–water partition coefficient (Wildman–Crippen LogP) is 0.383. The first-order valence-corrected chi connectivity index (χ1v) is 3.92. The third-order valence-corrected chi connectivity index (χ3v) is 1.57. The van der Waals surface area contributed by atoms with E-state index in [4.69, 9.17) is 11.6 Å². The van der Waals surface area contributed by atoms with Crippen LogP contribution in [0.25, 0.3) is 0 Å². The van der Waals surface area contributed by atoms with Crippen molar-refractivity contribution in [1.29, 1.82) is 0 Å². The molecule has 0 saturated heterocycles. The molecule has 0 spiro atoms. The molecule has 0 aliphatic rings. The van der Waals surface area contributed by atoms with E-state index < -0.39 is 6.10 Å². The number of aromatic nitrogens is 2. The zero-order valence-corrected chi connectivity index (χ0v) is 7.41. The summed E-state index contributed by atoms with van der Waals surface area (Å²) < 4.78 is 0. The summed E-state index contributed by atoms with van der Waals surface area (Å²) in [5.41, 5.74) is 0.522. The van der Waals surface area contributed by atoms with E-state index in [1.807, 2.05) is 0 Å². The van der Waals surface area contributed by atoms with E-state index in [1.54, 1.807) is 7.05 Å². The maximum atomic E-state index is 9.40. The molecule has 66 valence electrons. The summed E-state index contributed by atoms with van der Waals surface area (Å²) in [5, 5.41) is 12.6. The molecular formula is C7H10ClN3O. The SMILES string of the molecule is CNCC(O)c1cnc(Cl)cn1. The second-order valence-corrected chi connectivity index (χ2v) is 2.72. The van der Waals surface area contributed by atoms with Gasteiger partial charge in [-0.1, -0.05) is 11.6 Å². The fourth-order valence-corrected chi connectivity index (χ4v) is 0.890. The fourth-order valence-electron chi connectivity index (χ4n) is 0.792. The molecule has 0 aliphatic heterocycles. The Balaban J connectivity index is 2.68. The highest BCUT2D eigenvalue weighted by Crippen LogP contribution is 2.08. The summed E-state index contributed by atoms with van der Waals surface area (Å²) in [6.45, 7) is 0.455. The Kier molecular flexibility index (Phi) is 3.40. The average Bonchev–Trinajstić information content (AvgIpc) is 2.06. The van der Waals surface area contributed by atoms with E-state index in [9.17, 15) is 5.11 Å². The summed E-state index contributed by atoms with van der Waals surface area (Å²) in [6, 6.07) is 0. The lowest BCUT2D eigenvalue weighted by molar-refractivity contribution is 0.172. The Bertz CT molecular complexity index is 239. The van der Waals surface area contributed by atoms with Crippen LogP contribution in [0, 0.1) is 0 Å². The Morgan fingerprint density at radius 1 is 1.58 bits per heavy atom. The van der Waals surface area contributed by atoms with E-state index >= 15 is 0 Å². The van der Waals surface area contributed by atoms with Crippen LogP contribution in [0.15, 0.2) is 12.4 Å². The molecule has 12 heavy (non-hydrogen) atoms. The van der Waals surface area contributed by atoms with Crippen LogP contribution in [0.2, 0.25) is 5.15 Å². The summed E-state index contributed by atoms with van der Waals surface area (Å²) in [5.74, 6) is 0. The van der Waals surface area contributed by atoms with Gasteiger partial charge < -0.3 is 10.4 Å². The first-order chi connectivity index (χ1) is 5.74. The van der Waals surface area contributed by atoms with Crippen LogP contribution in [-0.2, 0) is 0 Å². The first kappa shape index (κ1) is 9.38. The highest BCUT2D eigenvalue weighted by atomic mass is 35.5. The molecule has 1 rings (SSSR count). The largest absolute Gasteiger partial charge is 0.385 e. The number of likely N-dealkylation sites (N-methyl/N-ethyl adjacent to an activating group) is 1. The lowest BCUT2D eigenvalue weighted by Gasteiger charge is -2.07. The molecule has 0 radical (unpaired) electrons. The predicted molar refractivity (Wildman–Crippen MR) is 45.9 cm³/mol. The molecule has 2 N–H and O–H groups in total. The van der Waals surface area contributed by atoms with Crippen molar-refractivity contribution in [1.82, 2.24) is 15.3 Å². The topological polar surface area (TPSA) is 58.0 Å². The van der Waals surface area contributed by atoms with Crippen molar-refractivity contribution in [3.05, 3.63) is 23.2 Å². The lowest BCUT2D eigenvalue weighted by Crippen LogP contribution is -2.17. The van der Waals surface area contributed by atoms with E-state index in [0.29, 0.717) is 17.4 Å². The van der Waals surface area contributed by atoms with Gasteiger partial charge in [0.1, 0.15) is 11.3 Å². The summed E-state index contributed by atoms with van der Waals surface area (Å²) in [7, 11) is 1.76. The van der Waals surface area contributed by atoms with Gasteiger partial charge in [0.25, 0.3) is 0 Å². The molecule has 0 amide bonds. The van der Waals surface area contributed by atoms with Gasteiger partial charge in [0, 0.05) is 6.54 Å². The molecule has 1 atom stereocenters. The quantitative estimate of drug-likeness (QED) is 0.719. The van der Waals surface area contributed by atoms with Crippen LogP contribution in [0.5, 0.6) is 0 Å². The zero-order valence-electron chi connectivity index (χ0n) is 6.66. The van der Waals surface area contributed by atoms with Crippen LogP contribution in [0.3, 0.4) is 0 Å². The fraction of sp³-hybridized carbons (Fsp3) is 0.429. The molecule has 0 bridgehead atoms. The number of halogens is 1. The second-order valence-electron chi connectivity index (χ2n) is 2.34. The normalized spacial score (nSPS) is 12.9. The summed E-state index contributed by atoms with van der Waals surface area (Å²) >= 11 is 5.52. The minimum atomic E-state index is -0.625. The summed E-state index contributed by atoms with van der Waals surface area (Å²) in [4.78, 5) is 7.71. The molecule has 5 heteroatoms. The van der Waals surface area contributed by atoms with Crippen molar-refractivity contribution in [2.24, 2.45) is 0 Å². The van der Waals surface area contributed by atoms with Crippen molar-refractivity contribution in [2.75, 3.05) is 13.6 Å². The second kappa shape index (κ2) is 4.35. The standard InChI is InChI=1S/C7H10ClN3O/c1-9-3-6(12)5-2-11-7(8)4-10-5/h2,4,6,9,12H,3H2,1H3. The minimum Gasteiger partial charge on any atom is -0.385 e. The number of aliphatic hydroxyl groups excluding tert-OH is 1. The van der Waals surface area contributed by atoms with Gasteiger partial charge in [-0.15, -0.1) is 0 Å². The van der Waals surface area contributed by atoms with E-state index in [0.717, 1.165) is 0 Å². The number of aliphatic hydroxyl groups is 1. The van der Waals surface area contributed by atoms with Gasteiger partial charge in [0.15, 0.2) is 0 Å². The zero-order chi connectivity index (χ0) is 8.97. The molecule has 0 aliphatic carbocycles. The van der Waals surface area contributed by atoms with Gasteiger partial charge in [-0.05, 0) is 7.05 Å². The van der Waals surface area contributed by atoms with Gasteiger partial charge >= 0.3 is 0 Å². The molecule has 1 unspecified atom stereocenters. The minimum absolute atomic E-state index is 0.329. The van der Waals surface area contributed by atoms with Crippen LogP contribution in [0.1, 0.15) is 11.8 Å².